The van der Waals surface area contributed by atoms with Gasteiger partial charge >= 0.3 is 0 Å². The van der Waals surface area contributed by atoms with E-state index in [1.165, 1.54) is 12.3 Å². The number of benzene rings is 2. The van der Waals surface area contributed by atoms with Crippen LogP contribution in [0.2, 0.25) is 5.02 Å². The predicted molar refractivity (Wildman–Crippen MR) is 140 cm³/mol. The molecule has 4 aromatic rings. The molecule has 2 heterocycles. The molecule has 2 aromatic heterocycles. The van der Waals surface area contributed by atoms with Crippen molar-refractivity contribution in [3.63, 3.8) is 0 Å². The molecule has 0 aliphatic heterocycles. The summed E-state index contributed by atoms with van der Waals surface area (Å²) in [4.78, 5) is 4.99. The molecule has 0 bridgehead atoms. The molecule has 0 aliphatic rings. The Morgan fingerprint density at radius 2 is 1.97 bits per heavy atom. The van der Waals surface area contributed by atoms with Gasteiger partial charge in [0.25, 0.3) is 0 Å². The van der Waals surface area contributed by atoms with Crippen molar-refractivity contribution in [2.75, 3.05) is 18.3 Å². The number of nitrogens with zero attached hydrogens (tertiary/aromatic N) is 3. The molecule has 1 unspecified atom stereocenters. The molecule has 1 atom stereocenters. The van der Waals surface area contributed by atoms with Crippen LogP contribution in [0, 0.1) is 19.7 Å². The Morgan fingerprint density at radius 3 is 2.60 bits per heavy atom. The molecule has 4 rings (SSSR count). The first-order chi connectivity index (χ1) is 16.6. The quantitative estimate of drug-likeness (QED) is 0.254. The van der Waals surface area contributed by atoms with Crippen LogP contribution in [0.15, 0.2) is 40.9 Å². The highest BCUT2D eigenvalue weighted by atomic mass is 35.5. The monoisotopic (exact) mass is 535 g/mol. The first kappa shape index (κ1) is 25.7. The molecule has 6 nitrogen and oxygen atoms in total. The average molecular weight is 536 g/mol. The summed E-state index contributed by atoms with van der Waals surface area (Å²) in [6, 6.07) is 10.9. The van der Waals surface area contributed by atoms with Gasteiger partial charge in [-0.3, -0.25) is 0 Å². The van der Waals surface area contributed by atoms with Crippen LogP contribution < -0.4 is 0 Å². The Kier molecular flexibility index (Phi) is 7.59. The lowest BCUT2D eigenvalue weighted by Crippen LogP contribution is -2.12. The molecular weight excluding hydrogens is 509 g/mol. The van der Waals surface area contributed by atoms with Crippen molar-refractivity contribution in [2.24, 2.45) is 0 Å². The van der Waals surface area contributed by atoms with E-state index in [-0.39, 0.29) is 16.0 Å². The lowest BCUT2D eigenvalue weighted by Gasteiger charge is -2.17. The topological polar surface area (TPSA) is 78.0 Å². The molecule has 0 radical (unpaired) electrons. The Balaban J connectivity index is 1.77. The van der Waals surface area contributed by atoms with Crippen LogP contribution in [0.1, 0.15) is 34.5 Å². The van der Waals surface area contributed by atoms with Crippen LogP contribution in [0.3, 0.4) is 0 Å². The van der Waals surface area contributed by atoms with E-state index in [2.05, 4.69) is 9.72 Å². The minimum absolute atomic E-state index is 0.0660. The SMILES string of the molecule is CSC(Cc1ccc(Cl)c(F)c1)c1nc2cc(-c3c(C)noc3C)ccc2n1CCCS(C)(=O)=O. The second kappa shape index (κ2) is 10.3. The van der Waals surface area contributed by atoms with E-state index in [9.17, 15) is 12.8 Å². The van der Waals surface area contributed by atoms with E-state index in [0.29, 0.717) is 19.4 Å². The molecule has 10 heteroatoms. The Labute approximate surface area is 213 Å². The fraction of sp³-hybridized carbons (Fsp3) is 0.360. The second-order valence-electron chi connectivity index (χ2n) is 8.68. The Morgan fingerprint density at radius 1 is 1.20 bits per heavy atom. The normalized spacial score (nSPS) is 13.0. The van der Waals surface area contributed by atoms with E-state index >= 15 is 0 Å². The number of imidazole rings is 1. The molecule has 0 saturated heterocycles. The molecule has 0 N–H and O–H groups in total. The highest BCUT2D eigenvalue weighted by molar-refractivity contribution is 7.98. The fourth-order valence-corrected chi connectivity index (χ4v) is 5.85. The first-order valence-corrected chi connectivity index (χ1v) is 14.9. The molecule has 0 spiro atoms. The van der Waals surface area contributed by atoms with Crippen LogP contribution in [0.4, 0.5) is 4.39 Å². The summed E-state index contributed by atoms with van der Waals surface area (Å²) >= 11 is 7.48. The molecule has 186 valence electrons. The van der Waals surface area contributed by atoms with Gasteiger partial charge in [-0.1, -0.05) is 28.9 Å². The largest absolute Gasteiger partial charge is 0.361 e. The molecular formula is C25H27ClFN3O3S2. The van der Waals surface area contributed by atoms with Gasteiger partial charge in [0.2, 0.25) is 0 Å². The highest BCUT2D eigenvalue weighted by Gasteiger charge is 2.22. The Hall–Kier alpha value is -2.36. The minimum atomic E-state index is -3.08. The zero-order chi connectivity index (χ0) is 25.3. The number of hydrogen-bond donors (Lipinski definition) is 0. The van der Waals surface area contributed by atoms with Gasteiger partial charge in [-0.15, -0.1) is 0 Å². The van der Waals surface area contributed by atoms with Gasteiger partial charge in [-0.05, 0) is 68.3 Å². The van der Waals surface area contributed by atoms with Gasteiger partial charge in [-0.25, -0.2) is 17.8 Å². The van der Waals surface area contributed by atoms with Crippen LogP contribution in [-0.4, -0.2) is 41.4 Å². The molecule has 35 heavy (non-hydrogen) atoms. The second-order valence-corrected chi connectivity index (χ2v) is 12.4. The molecule has 0 saturated carbocycles. The van der Waals surface area contributed by atoms with E-state index < -0.39 is 15.7 Å². The summed E-state index contributed by atoms with van der Waals surface area (Å²) in [6.45, 7) is 4.29. The van der Waals surface area contributed by atoms with Gasteiger partial charge in [0.05, 0.1) is 32.8 Å². The number of hydrogen-bond acceptors (Lipinski definition) is 6. The highest BCUT2D eigenvalue weighted by Crippen LogP contribution is 2.35. The summed E-state index contributed by atoms with van der Waals surface area (Å²) in [7, 11) is -3.08. The third-order valence-corrected chi connectivity index (χ3v) is 8.26. The van der Waals surface area contributed by atoms with E-state index in [1.54, 1.807) is 17.8 Å². The van der Waals surface area contributed by atoms with Crippen LogP contribution in [-0.2, 0) is 22.8 Å². The number of aryl methyl sites for hydroxylation is 3. The lowest BCUT2D eigenvalue weighted by atomic mass is 10.0. The smallest absolute Gasteiger partial charge is 0.147 e. The number of aromatic nitrogens is 3. The van der Waals surface area contributed by atoms with E-state index in [4.69, 9.17) is 21.1 Å². The standard InChI is InChI=1S/C25H27ClFN3O3S2/c1-15-24(16(2)33-29-15)18-7-9-22-21(14-18)28-25(30(22)10-5-11-35(4,31)32)23(34-3)13-17-6-8-19(26)20(27)12-17/h6-9,12,14,23H,5,10-11,13H2,1-4H3. The number of halogens is 2. The van der Waals surface area contributed by atoms with Gasteiger partial charge in [0.15, 0.2) is 0 Å². The maximum Gasteiger partial charge on any atom is 0.147 e. The van der Waals surface area contributed by atoms with E-state index in [1.807, 2.05) is 44.4 Å². The molecule has 2 aromatic carbocycles. The predicted octanol–water partition coefficient (Wildman–Crippen LogP) is 6.18. The van der Waals surface area contributed by atoms with Crippen molar-refractivity contribution in [1.29, 1.82) is 0 Å². The number of fused-ring (bicyclic) bond motifs is 1. The summed E-state index contributed by atoms with van der Waals surface area (Å²) in [5, 5.41) is 4.09. The average Bonchev–Trinajstić information content (AvgIpc) is 3.32. The van der Waals surface area contributed by atoms with Crippen molar-refractivity contribution in [3.8, 4) is 11.1 Å². The van der Waals surface area contributed by atoms with E-state index in [0.717, 1.165) is 45.0 Å². The third kappa shape index (κ3) is 5.73. The van der Waals surface area contributed by atoms with Gasteiger partial charge in [0.1, 0.15) is 27.2 Å². The number of sulfone groups is 1. The van der Waals surface area contributed by atoms with Crippen molar-refractivity contribution in [1.82, 2.24) is 14.7 Å². The molecule has 0 aliphatic carbocycles. The van der Waals surface area contributed by atoms with Gasteiger partial charge in [0, 0.05) is 18.4 Å². The van der Waals surface area contributed by atoms with Crippen molar-refractivity contribution in [2.45, 2.75) is 38.5 Å². The first-order valence-electron chi connectivity index (χ1n) is 11.1. The molecule has 0 amide bonds. The summed E-state index contributed by atoms with van der Waals surface area (Å²) in [5.74, 6) is 1.21. The summed E-state index contributed by atoms with van der Waals surface area (Å²) in [6.07, 6.45) is 4.27. The van der Waals surface area contributed by atoms with Gasteiger partial charge in [-0.2, -0.15) is 11.8 Å². The minimum Gasteiger partial charge on any atom is -0.361 e. The van der Waals surface area contributed by atoms with Crippen molar-refractivity contribution < 1.29 is 17.3 Å². The zero-order valence-corrected chi connectivity index (χ0v) is 22.4. The summed E-state index contributed by atoms with van der Waals surface area (Å²) in [5.41, 5.74) is 5.25. The fourth-order valence-electron chi connectivity index (χ4n) is 4.33. The van der Waals surface area contributed by atoms with Crippen molar-refractivity contribution in [3.05, 3.63) is 70.1 Å². The maximum atomic E-state index is 14.1. The number of rotatable bonds is 9. The zero-order valence-electron chi connectivity index (χ0n) is 20.0. The van der Waals surface area contributed by atoms with Gasteiger partial charge < -0.3 is 9.09 Å². The Bertz CT molecular complexity index is 1460. The maximum absolute atomic E-state index is 14.1. The third-order valence-electron chi connectivity index (χ3n) is 5.97. The summed E-state index contributed by atoms with van der Waals surface area (Å²) < 4.78 is 45.0. The lowest BCUT2D eigenvalue weighted by molar-refractivity contribution is 0.393. The number of thioether (sulfide) groups is 1. The van der Waals surface area contributed by atoms with Crippen molar-refractivity contribution >= 4 is 44.2 Å². The van der Waals surface area contributed by atoms with Crippen LogP contribution in [0.25, 0.3) is 22.2 Å². The molecule has 0 fully saturated rings. The van der Waals surface area contributed by atoms with Crippen LogP contribution >= 0.6 is 23.4 Å². The van der Waals surface area contributed by atoms with Crippen LogP contribution in [0.5, 0.6) is 0 Å².